The van der Waals surface area contributed by atoms with Crippen molar-refractivity contribution in [2.24, 2.45) is 0 Å². The SMILES string of the molecule is CCC(C)OCCCC(CC)(NC1CC1)C(=O)O. The third-order valence-electron chi connectivity index (χ3n) is 3.80. The molecule has 0 aromatic carbocycles. The van der Waals surface area contributed by atoms with Crippen LogP contribution in [0.4, 0.5) is 0 Å². The normalized spacial score (nSPS) is 20.4. The number of hydrogen-bond acceptors (Lipinski definition) is 3. The van der Waals surface area contributed by atoms with Gasteiger partial charge in [-0.2, -0.15) is 0 Å². The Balaban J connectivity index is 2.37. The maximum Gasteiger partial charge on any atom is 0.323 e. The molecule has 1 aliphatic carbocycles. The zero-order valence-electron chi connectivity index (χ0n) is 11.9. The summed E-state index contributed by atoms with van der Waals surface area (Å²) >= 11 is 0. The lowest BCUT2D eigenvalue weighted by atomic mass is 9.90. The van der Waals surface area contributed by atoms with Crippen LogP contribution in [-0.4, -0.2) is 35.4 Å². The van der Waals surface area contributed by atoms with E-state index < -0.39 is 11.5 Å². The number of carboxylic acid groups (broad SMARTS) is 1. The third-order valence-corrected chi connectivity index (χ3v) is 3.80. The molecule has 1 saturated carbocycles. The highest BCUT2D eigenvalue weighted by Gasteiger charge is 2.40. The first-order chi connectivity index (χ1) is 8.54. The van der Waals surface area contributed by atoms with Crippen LogP contribution >= 0.6 is 0 Å². The maximum absolute atomic E-state index is 11.5. The van der Waals surface area contributed by atoms with E-state index in [0.717, 1.165) is 25.7 Å². The summed E-state index contributed by atoms with van der Waals surface area (Å²) in [5.74, 6) is -0.722. The molecule has 1 rings (SSSR count). The smallest absolute Gasteiger partial charge is 0.323 e. The molecule has 2 unspecified atom stereocenters. The number of aliphatic carboxylic acids is 1. The molecule has 4 nitrogen and oxygen atoms in total. The van der Waals surface area contributed by atoms with Crippen LogP contribution in [0.15, 0.2) is 0 Å². The molecule has 18 heavy (non-hydrogen) atoms. The van der Waals surface area contributed by atoms with Crippen molar-refractivity contribution in [1.82, 2.24) is 5.32 Å². The average molecular weight is 257 g/mol. The summed E-state index contributed by atoms with van der Waals surface area (Å²) in [7, 11) is 0. The van der Waals surface area contributed by atoms with Crippen molar-refractivity contribution in [3.05, 3.63) is 0 Å². The second-order valence-corrected chi connectivity index (χ2v) is 5.35. The van der Waals surface area contributed by atoms with Crippen LogP contribution in [0.25, 0.3) is 0 Å². The average Bonchev–Trinajstić information content (AvgIpc) is 3.16. The van der Waals surface area contributed by atoms with Gasteiger partial charge in [0, 0.05) is 12.6 Å². The number of carbonyl (C=O) groups is 1. The molecule has 0 amide bonds. The molecule has 0 spiro atoms. The zero-order chi connectivity index (χ0) is 13.6. The Morgan fingerprint density at radius 3 is 2.61 bits per heavy atom. The molecule has 0 heterocycles. The summed E-state index contributed by atoms with van der Waals surface area (Å²) in [5.41, 5.74) is -0.750. The first-order valence-electron chi connectivity index (χ1n) is 7.16. The summed E-state index contributed by atoms with van der Waals surface area (Å²) < 4.78 is 5.61. The molecule has 0 aromatic heterocycles. The van der Waals surface area contributed by atoms with E-state index in [1.807, 2.05) is 13.8 Å². The molecule has 0 aromatic rings. The van der Waals surface area contributed by atoms with Gasteiger partial charge < -0.3 is 9.84 Å². The van der Waals surface area contributed by atoms with Gasteiger partial charge in [0.05, 0.1) is 6.10 Å². The lowest BCUT2D eigenvalue weighted by Crippen LogP contribution is -2.52. The zero-order valence-corrected chi connectivity index (χ0v) is 11.9. The van der Waals surface area contributed by atoms with Gasteiger partial charge in [-0.15, -0.1) is 0 Å². The van der Waals surface area contributed by atoms with E-state index in [9.17, 15) is 9.90 Å². The maximum atomic E-state index is 11.5. The summed E-state index contributed by atoms with van der Waals surface area (Å²) in [6.45, 7) is 6.73. The Bertz CT molecular complexity index is 266. The van der Waals surface area contributed by atoms with Gasteiger partial charge in [0.1, 0.15) is 5.54 Å². The summed E-state index contributed by atoms with van der Waals surface area (Å²) in [6.07, 6.45) is 5.55. The first kappa shape index (κ1) is 15.4. The summed E-state index contributed by atoms with van der Waals surface area (Å²) in [6, 6.07) is 0.413. The van der Waals surface area contributed by atoms with E-state index in [-0.39, 0.29) is 6.10 Å². The lowest BCUT2D eigenvalue weighted by molar-refractivity contribution is -0.145. The van der Waals surface area contributed by atoms with Gasteiger partial charge in [-0.3, -0.25) is 10.1 Å². The highest BCUT2D eigenvalue weighted by Crippen LogP contribution is 2.27. The number of nitrogens with one attached hydrogen (secondary N) is 1. The van der Waals surface area contributed by atoms with Crippen molar-refractivity contribution in [2.45, 2.75) is 77.0 Å². The van der Waals surface area contributed by atoms with E-state index >= 15 is 0 Å². The molecule has 0 radical (unpaired) electrons. The Morgan fingerprint density at radius 2 is 2.17 bits per heavy atom. The highest BCUT2D eigenvalue weighted by atomic mass is 16.5. The minimum Gasteiger partial charge on any atom is -0.480 e. The number of rotatable bonds is 10. The second-order valence-electron chi connectivity index (χ2n) is 5.35. The molecule has 0 bridgehead atoms. The molecule has 0 saturated heterocycles. The molecular weight excluding hydrogens is 230 g/mol. The highest BCUT2D eigenvalue weighted by molar-refractivity contribution is 5.78. The molecule has 4 heteroatoms. The minimum absolute atomic E-state index is 0.266. The van der Waals surface area contributed by atoms with Crippen LogP contribution in [0.5, 0.6) is 0 Å². The predicted octanol–water partition coefficient (Wildman–Crippen LogP) is 2.57. The molecule has 0 aliphatic heterocycles. The third kappa shape index (κ3) is 4.58. The molecule has 1 aliphatic rings. The topological polar surface area (TPSA) is 58.6 Å². The Morgan fingerprint density at radius 1 is 1.50 bits per heavy atom. The van der Waals surface area contributed by atoms with E-state index in [2.05, 4.69) is 12.2 Å². The quantitative estimate of drug-likeness (QED) is 0.591. The molecule has 2 N–H and O–H groups in total. The standard InChI is InChI=1S/C14H27NO3/c1-4-11(3)18-10-6-9-14(5-2,13(16)17)15-12-7-8-12/h11-12,15H,4-10H2,1-3H3,(H,16,17). The second kappa shape index (κ2) is 7.10. The van der Waals surface area contributed by atoms with Gasteiger partial charge >= 0.3 is 5.97 Å². The van der Waals surface area contributed by atoms with Crippen molar-refractivity contribution in [1.29, 1.82) is 0 Å². The van der Waals surface area contributed by atoms with Gasteiger partial charge in [-0.1, -0.05) is 13.8 Å². The molecule has 1 fully saturated rings. The lowest BCUT2D eigenvalue weighted by Gasteiger charge is -2.30. The molecule has 106 valence electrons. The monoisotopic (exact) mass is 257 g/mol. The van der Waals surface area contributed by atoms with Crippen LogP contribution in [0.1, 0.15) is 59.3 Å². The van der Waals surface area contributed by atoms with Crippen LogP contribution in [0, 0.1) is 0 Å². The fourth-order valence-electron chi connectivity index (χ4n) is 2.07. The van der Waals surface area contributed by atoms with Crippen LogP contribution < -0.4 is 5.32 Å². The number of carboxylic acids is 1. The van der Waals surface area contributed by atoms with E-state index in [4.69, 9.17) is 4.74 Å². The van der Waals surface area contributed by atoms with Crippen LogP contribution in [-0.2, 0) is 9.53 Å². The Hall–Kier alpha value is -0.610. The van der Waals surface area contributed by atoms with Gasteiger partial charge in [-0.05, 0) is 45.4 Å². The molecular formula is C14H27NO3. The van der Waals surface area contributed by atoms with E-state index in [1.165, 1.54) is 0 Å². The minimum atomic E-state index is -0.750. The predicted molar refractivity (Wildman–Crippen MR) is 71.8 cm³/mol. The van der Waals surface area contributed by atoms with E-state index in [1.54, 1.807) is 0 Å². The van der Waals surface area contributed by atoms with Crippen molar-refractivity contribution in [3.8, 4) is 0 Å². The number of ether oxygens (including phenoxy) is 1. The van der Waals surface area contributed by atoms with E-state index in [0.29, 0.717) is 25.5 Å². The van der Waals surface area contributed by atoms with Crippen molar-refractivity contribution < 1.29 is 14.6 Å². The van der Waals surface area contributed by atoms with Gasteiger partial charge in [-0.25, -0.2) is 0 Å². The van der Waals surface area contributed by atoms with Gasteiger partial charge in [0.25, 0.3) is 0 Å². The van der Waals surface area contributed by atoms with Crippen molar-refractivity contribution >= 4 is 5.97 Å². The van der Waals surface area contributed by atoms with Crippen molar-refractivity contribution in [3.63, 3.8) is 0 Å². The summed E-state index contributed by atoms with van der Waals surface area (Å²) in [5, 5.41) is 12.8. The molecule has 2 atom stereocenters. The van der Waals surface area contributed by atoms with Gasteiger partial charge in [0.15, 0.2) is 0 Å². The number of hydrogen-bond donors (Lipinski definition) is 2. The Kier molecular flexibility index (Phi) is 6.09. The van der Waals surface area contributed by atoms with Crippen molar-refractivity contribution in [2.75, 3.05) is 6.61 Å². The van der Waals surface area contributed by atoms with Crippen LogP contribution in [0.3, 0.4) is 0 Å². The summed E-state index contributed by atoms with van der Waals surface area (Å²) in [4.78, 5) is 11.5. The fraction of sp³-hybridized carbons (Fsp3) is 0.929. The Labute approximate surface area is 110 Å². The van der Waals surface area contributed by atoms with Crippen LogP contribution in [0.2, 0.25) is 0 Å². The van der Waals surface area contributed by atoms with Gasteiger partial charge in [0.2, 0.25) is 0 Å². The first-order valence-corrected chi connectivity index (χ1v) is 7.16. The largest absolute Gasteiger partial charge is 0.480 e. The fourth-order valence-corrected chi connectivity index (χ4v) is 2.07.